The number of carbonyl (C=O) groups excluding carboxylic acids is 1. The van der Waals surface area contributed by atoms with Gasteiger partial charge in [0.2, 0.25) is 5.91 Å². The number of phosphoric acid groups is 1. The van der Waals surface area contributed by atoms with Crippen molar-refractivity contribution in [1.82, 2.24) is 5.32 Å². The summed E-state index contributed by atoms with van der Waals surface area (Å²) in [6, 6.07) is -0.794. The summed E-state index contributed by atoms with van der Waals surface area (Å²) in [6.07, 6.45) is 65.9. The molecule has 0 spiro atoms. The maximum atomic E-state index is 12.9. The van der Waals surface area contributed by atoms with Gasteiger partial charge in [-0.2, -0.15) is 0 Å². The van der Waals surface area contributed by atoms with Crippen LogP contribution in [-0.2, 0) is 18.4 Å². The van der Waals surface area contributed by atoms with Gasteiger partial charge in [-0.15, -0.1) is 0 Å². The molecule has 0 bridgehead atoms. The summed E-state index contributed by atoms with van der Waals surface area (Å²) in [4.78, 5) is 25.4. The summed E-state index contributed by atoms with van der Waals surface area (Å²) in [5.74, 6) is -0.160. The van der Waals surface area contributed by atoms with Crippen LogP contribution in [0.2, 0.25) is 0 Å². The van der Waals surface area contributed by atoms with Crippen molar-refractivity contribution in [3.8, 4) is 0 Å². The number of quaternary nitrogens is 1. The molecular weight excluding hydrogens is 888 g/mol. The van der Waals surface area contributed by atoms with Gasteiger partial charge in [0.25, 0.3) is 7.82 Å². The SMILES string of the molecule is CCCCCCCCCC/C=C\CCCCCCCCCCCCCCCCCCCCCCCCCCCCCC(=O)NC(COP(=O)([O-])OCC[N+](C)(C)C)C(O)CCCCCCCCCCC. The Hall–Kier alpha value is -0.760. The Labute approximate surface area is 437 Å². The first-order valence-electron chi connectivity index (χ1n) is 31.0. The normalized spacial score (nSPS) is 13.9. The molecule has 0 aromatic rings. The first kappa shape index (κ1) is 69.2. The zero-order chi connectivity index (χ0) is 51.3. The van der Waals surface area contributed by atoms with E-state index in [1.807, 2.05) is 21.1 Å². The lowest BCUT2D eigenvalue weighted by molar-refractivity contribution is -0.870. The van der Waals surface area contributed by atoms with Gasteiger partial charge in [0.05, 0.1) is 39.9 Å². The lowest BCUT2D eigenvalue weighted by atomic mass is 10.0. The fraction of sp³-hybridized carbons (Fsp3) is 0.951. The number of aliphatic hydroxyl groups excluding tert-OH is 1. The quantitative estimate of drug-likeness (QED) is 0.0272. The zero-order valence-corrected chi connectivity index (χ0v) is 48.6. The first-order valence-corrected chi connectivity index (χ1v) is 32.5. The van der Waals surface area contributed by atoms with E-state index in [-0.39, 0.29) is 19.1 Å². The molecule has 0 aliphatic rings. The van der Waals surface area contributed by atoms with Crippen LogP contribution >= 0.6 is 7.82 Å². The lowest BCUT2D eigenvalue weighted by Gasteiger charge is -2.30. The van der Waals surface area contributed by atoms with Gasteiger partial charge in [-0.25, -0.2) is 0 Å². The maximum absolute atomic E-state index is 12.9. The number of allylic oxidation sites excluding steroid dienone is 2. The van der Waals surface area contributed by atoms with E-state index in [9.17, 15) is 19.4 Å². The Balaban J connectivity index is 3.74. The Kier molecular flexibility index (Phi) is 52.5. The lowest BCUT2D eigenvalue weighted by Crippen LogP contribution is -2.46. The van der Waals surface area contributed by atoms with E-state index in [0.29, 0.717) is 23.9 Å². The molecule has 1 amide bonds. The van der Waals surface area contributed by atoms with Crippen molar-refractivity contribution in [1.29, 1.82) is 0 Å². The molecule has 3 atom stereocenters. The van der Waals surface area contributed by atoms with Gasteiger partial charge in [-0.1, -0.05) is 289 Å². The number of carbonyl (C=O) groups is 1. The van der Waals surface area contributed by atoms with E-state index in [0.717, 1.165) is 38.5 Å². The van der Waals surface area contributed by atoms with Crippen LogP contribution in [0.3, 0.4) is 0 Å². The van der Waals surface area contributed by atoms with Crippen LogP contribution < -0.4 is 10.2 Å². The summed E-state index contributed by atoms with van der Waals surface area (Å²) < 4.78 is 23.3. The molecule has 8 nitrogen and oxygen atoms in total. The molecule has 0 rings (SSSR count). The van der Waals surface area contributed by atoms with Crippen LogP contribution in [0.4, 0.5) is 0 Å². The number of phosphoric ester groups is 1. The Bertz CT molecular complexity index is 1150. The highest BCUT2D eigenvalue weighted by Gasteiger charge is 2.24. The van der Waals surface area contributed by atoms with Crippen LogP contribution in [0.1, 0.15) is 322 Å². The molecule has 0 radical (unpaired) electrons. The molecule has 418 valence electrons. The molecular formula is C61H123N2O6P. The number of unbranched alkanes of at least 4 members (excludes halogenated alkanes) is 43. The number of hydrogen-bond donors (Lipinski definition) is 2. The number of nitrogens with zero attached hydrogens (tertiary/aromatic N) is 1. The van der Waals surface area contributed by atoms with Gasteiger partial charge in [-0.05, 0) is 38.5 Å². The van der Waals surface area contributed by atoms with Crippen molar-refractivity contribution in [3.63, 3.8) is 0 Å². The molecule has 0 fully saturated rings. The summed E-state index contributed by atoms with van der Waals surface area (Å²) in [7, 11) is 1.32. The molecule has 70 heavy (non-hydrogen) atoms. The van der Waals surface area contributed by atoms with Gasteiger partial charge < -0.3 is 28.8 Å². The van der Waals surface area contributed by atoms with Gasteiger partial charge in [0.15, 0.2) is 0 Å². The smallest absolute Gasteiger partial charge is 0.268 e. The molecule has 0 aliphatic carbocycles. The Morgan fingerprint density at radius 3 is 1.11 bits per heavy atom. The minimum atomic E-state index is -4.56. The number of likely N-dealkylation sites (N-methyl/N-ethyl adjacent to an activating group) is 1. The highest BCUT2D eigenvalue weighted by Crippen LogP contribution is 2.38. The monoisotopic (exact) mass is 1010 g/mol. The maximum Gasteiger partial charge on any atom is 0.268 e. The predicted molar refractivity (Wildman–Crippen MR) is 302 cm³/mol. The van der Waals surface area contributed by atoms with Gasteiger partial charge in [-0.3, -0.25) is 9.36 Å². The number of rotatable bonds is 58. The van der Waals surface area contributed by atoms with Crippen LogP contribution in [0.15, 0.2) is 12.2 Å². The van der Waals surface area contributed by atoms with Gasteiger partial charge in [0, 0.05) is 6.42 Å². The van der Waals surface area contributed by atoms with Crippen LogP contribution in [0.5, 0.6) is 0 Å². The number of aliphatic hydroxyl groups is 1. The van der Waals surface area contributed by atoms with E-state index in [4.69, 9.17) is 9.05 Å². The van der Waals surface area contributed by atoms with Gasteiger partial charge >= 0.3 is 0 Å². The summed E-state index contributed by atoms with van der Waals surface area (Å²) in [5, 5.41) is 13.9. The van der Waals surface area contributed by atoms with Crippen LogP contribution in [0, 0.1) is 0 Å². The van der Waals surface area contributed by atoms with Crippen molar-refractivity contribution in [3.05, 3.63) is 12.2 Å². The van der Waals surface area contributed by atoms with E-state index in [2.05, 4.69) is 31.3 Å². The second-order valence-electron chi connectivity index (χ2n) is 22.8. The molecule has 0 aromatic heterocycles. The fourth-order valence-corrected chi connectivity index (χ4v) is 10.4. The molecule has 0 saturated heterocycles. The fourth-order valence-electron chi connectivity index (χ4n) is 9.63. The van der Waals surface area contributed by atoms with Crippen LogP contribution in [0.25, 0.3) is 0 Å². The second-order valence-corrected chi connectivity index (χ2v) is 24.2. The molecule has 0 heterocycles. The summed E-state index contributed by atoms with van der Waals surface area (Å²) >= 11 is 0. The van der Waals surface area contributed by atoms with E-state index < -0.39 is 20.0 Å². The Morgan fingerprint density at radius 2 is 0.786 bits per heavy atom. The zero-order valence-electron chi connectivity index (χ0n) is 47.8. The number of amides is 1. The third kappa shape index (κ3) is 55.0. The van der Waals surface area contributed by atoms with Crippen LogP contribution in [-0.4, -0.2) is 68.5 Å². The highest BCUT2D eigenvalue weighted by atomic mass is 31.2. The average Bonchev–Trinajstić information content (AvgIpc) is 3.32. The molecule has 3 unspecified atom stereocenters. The van der Waals surface area contributed by atoms with Crippen molar-refractivity contribution in [2.45, 2.75) is 334 Å². The standard InChI is InChI=1S/C61H123N2O6P/c1-6-8-10-12-14-16-17-18-19-20-21-22-23-24-25-26-27-28-29-30-31-32-33-34-35-36-37-38-39-40-41-42-43-44-45-47-49-51-53-55-61(65)62-59(58-69-70(66,67)68-57-56-63(3,4)5)60(64)54-52-50-48-46-15-13-11-9-7-2/h20-21,59-60,64H,6-19,22-58H2,1-5H3,(H-,62,65,66,67)/b21-20-. The third-order valence-corrected chi connectivity index (χ3v) is 15.5. The van der Waals surface area contributed by atoms with Crippen molar-refractivity contribution in [2.75, 3.05) is 40.9 Å². The first-order chi connectivity index (χ1) is 34.0. The van der Waals surface area contributed by atoms with Gasteiger partial charge in [0.1, 0.15) is 13.2 Å². The minimum absolute atomic E-state index is 0.0153. The molecule has 0 aliphatic heterocycles. The molecule has 9 heteroatoms. The van der Waals surface area contributed by atoms with Crippen molar-refractivity contribution in [2.24, 2.45) is 0 Å². The van der Waals surface area contributed by atoms with Crippen molar-refractivity contribution >= 4 is 13.7 Å². The van der Waals surface area contributed by atoms with E-state index in [1.54, 1.807) is 0 Å². The average molecular weight is 1010 g/mol. The summed E-state index contributed by atoms with van der Waals surface area (Å²) in [5.41, 5.74) is 0. The predicted octanol–water partition coefficient (Wildman–Crippen LogP) is 18.4. The number of nitrogens with one attached hydrogen (secondary N) is 1. The largest absolute Gasteiger partial charge is 0.756 e. The minimum Gasteiger partial charge on any atom is -0.756 e. The van der Waals surface area contributed by atoms with E-state index in [1.165, 1.54) is 257 Å². The van der Waals surface area contributed by atoms with E-state index >= 15 is 0 Å². The highest BCUT2D eigenvalue weighted by molar-refractivity contribution is 7.45. The van der Waals surface area contributed by atoms with Crippen molar-refractivity contribution < 1.29 is 32.9 Å². The molecule has 2 N–H and O–H groups in total. The Morgan fingerprint density at radius 1 is 0.486 bits per heavy atom. The summed E-state index contributed by atoms with van der Waals surface area (Å²) in [6.45, 7) is 4.73. The topological polar surface area (TPSA) is 108 Å². The second kappa shape index (κ2) is 53.1. The molecule has 0 saturated carbocycles. The third-order valence-electron chi connectivity index (χ3n) is 14.5. The number of hydrogen-bond acceptors (Lipinski definition) is 6. The molecule has 0 aromatic carbocycles.